The van der Waals surface area contributed by atoms with Crippen LogP contribution < -0.4 is 5.32 Å². The van der Waals surface area contributed by atoms with Gasteiger partial charge in [0.2, 0.25) is 5.91 Å². The van der Waals surface area contributed by atoms with Crippen LogP contribution >= 0.6 is 7.82 Å². The minimum absolute atomic E-state index is 0.0503. The quantitative estimate of drug-likeness (QED) is 0.0243. The Morgan fingerprint density at radius 1 is 0.538 bits per heavy atom. The molecule has 0 spiro atoms. The topological polar surface area (TPSA) is 105 Å². The van der Waals surface area contributed by atoms with Crippen LogP contribution in [0.3, 0.4) is 0 Å². The summed E-state index contributed by atoms with van der Waals surface area (Å²) in [6.45, 7) is 4.66. The highest BCUT2D eigenvalue weighted by atomic mass is 31.2. The molecule has 0 rings (SSSR count). The Bertz CT molecular complexity index is 1330. The van der Waals surface area contributed by atoms with Gasteiger partial charge in [0, 0.05) is 6.42 Å². The second kappa shape index (κ2) is 46.8. The number of hydrogen-bond acceptors (Lipinski definition) is 5. The number of allylic oxidation sites excluding steroid dienone is 13. The molecule has 0 aromatic carbocycles. The number of carbonyl (C=O) groups is 1. The third-order valence-electron chi connectivity index (χ3n) is 11.3. The lowest BCUT2D eigenvalue weighted by Crippen LogP contribution is -2.45. The van der Waals surface area contributed by atoms with E-state index in [4.69, 9.17) is 9.05 Å². The van der Waals surface area contributed by atoms with Crippen LogP contribution in [0.1, 0.15) is 213 Å². The van der Waals surface area contributed by atoms with Gasteiger partial charge in [-0.3, -0.25) is 13.8 Å². The van der Waals surface area contributed by atoms with E-state index in [9.17, 15) is 19.4 Å². The van der Waals surface area contributed by atoms with Crippen LogP contribution in [0.15, 0.2) is 85.1 Å². The van der Waals surface area contributed by atoms with Gasteiger partial charge in [-0.05, 0) is 83.5 Å². The van der Waals surface area contributed by atoms with E-state index >= 15 is 0 Å². The maximum atomic E-state index is 12.9. The molecule has 0 aliphatic rings. The molecule has 0 fully saturated rings. The zero-order chi connectivity index (χ0) is 47.8. The molecule has 9 heteroatoms. The number of hydrogen-bond donors (Lipinski definition) is 3. The van der Waals surface area contributed by atoms with Crippen molar-refractivity contribution < 1.29 is 32.9 Å². The number of unbranched alkanes of at least 4 members (excludes halogenated alkanes) is 22. The highest BCUT2D eigenvalue weighted by molar-refractivity contribution is 7.47. The zero-order valence-corrected chi connectivity index (χ0v) is 43.6. The molecule has 0 aromatic rings. The third kappa shape index (κ3) is 49.4. The van der Waals surface area contributed by atoms with Crippen LogP contribution in [-0.2, 0) is 18.4 Å². The molecular formula is C56H102N2O6P+. The summed E-state index contributed by atoms with van der Waals surface area (Å²) in [7, 11) is 1.54. The molecule has 8 nitrogen and oxygen atoms in total. The van der Waals surface area contributed by atoms with Gasteiger partial charge >= 0.3 is 7.82 Å². The van der Waals surface area contributed by atoms with E-state index in [0.29, 0.717) is 17.4 Å². The largest absolute Gasteiger partial charge is 0.472 e. The molecule has 0 aromatic heterocycles. The van der Waals surface area contributed by atoms with Gasteiger partial charge in [0.1, 0.15) is 13.2 Å². The molecule has 3 N–H and O–H groups in total. The van der Waals surface area contributed by atoms with Crippen LogP contribution in [0.4, 0.5) is 0 Å². The molecule has 3 atom stereocenters. The van der Waals surface area contributed by atoms with Crippen molar-refractivity contribution in [2.45, 2.75) is 225 Å². The maximum Gasteiger partial charge on any atom is 0.472 e. The Morgan fingerprint density at radius 2 is 0.938 bits per heavy atom. The van der Waals surface area contributed by atoms with Crippen molar-refractivity contribution in [3.63, 3.8) is 0 Å². The lowest BCUT2D eigenvalue weighted by atomic mass is 10.0. The van der Waals surface area contributed by atoms with Crippen molar-refractivity contribution in [3.05, 3.63) is 85.1 Å². The van der Waals surface area contributed by atoms with Gasteiger partial charge < -0.3 is 19.8 Å². The predicted octanol–water partition coefficient (Wildman–Crippen LogP) is 15.7. The molecule has 3 unspecified atom stereocenters. The third-order valence-corrected chi connectivity index (χ3v) is 12.3. The number of aliphatic hydroxyl groups excluding tert-OH is 1. The molecular weight excluding hydrogens is 828 g/mol. The monoisotopic (exact) mass is 930 g/mol. The van der Waals surface area contributed by atoms with Gasteiger partial charge in [-0.2, -0.15) is 0 Å². The Hall–Kier alpha value is -2.32. The lowest BCUT2D eigenvalue weighted by molar-refractivity contribution is -0.870. The molecule has 0 aliphatic carbocycles. The fraction of sp³-hybridized carbons (Fsp3) is 0.732. The number of quaternary nitrogens is 1. The minimum Gasteiger partial charge on any atom is -0.387 e. The van der Waals surface area contributed by atoms with Crippen LogP contribution in [0.5, 0.6) is 0 Å². The van der Waals surface area contributed by atoms with E-state index < -0.39 is 20.0 Å². The van der Waals surface area contributed by atoms with E-state index in [0.717, 1.165) is 70.6 Å². The lowest BCUT2D eigenvalue weighted by Gasteiger charge is -2.25. The first-order chi connectivity index (χ1) is 31.5. The highest BCUT2D eigenvalue weighted by Gasteiger charge is 2.27. The van der Waals surface area contributed by atoms with Gasteiger partial charge in [0.15, 0.2) is 0 Å². The second-order valence-corrected chi connectivity index (χ2v) is 20.3. The van der Waals surface area contributed by atoms with Gasteiger partial charge in [-0.15, -0.1) is 0 Å². The van der Waals surface area contributed by atoms with Crippen LogP contribution in [0, 0.1) is 0 Å². The summed E-state index contributed by atoms with van der Waals surface area (Å²) in [5, 5.41) is 13.9. The van der Waals surface area contributed by atoms with Crippen molar-refractivity contribution in [3.8, 4) is 0 Å². The number of amides is 1. The smallest absolute Gasteiger partial charge is 0.387 e. The van der Waals surface area contributed by atoms with E-state index in [1.54, 1.807) is 6.08 Å². The number of phosphoric acid groups is 1. The van der Waals surface area contributed by atoms with E-state index in [1.807, 2.05) is 27.2 Å². The first-order valence-corrected chi connectivity index (χ1v) is 28.0. The molecule has 0 radical (unpaired) electrons. The fourth-order valence-electron chi connectivity index (χ4n) is 7.18. The number of nitrogens with one attached hydrogen (secondary N) is 1. The summed E-state index contributed by atoms with van der Waals surface area (Å²) < 4.78 is 23.6. The predicted molar refractivity (Wildman–Crippen MR) is 281 cm³/mol. The maximum absolute atomic E-state index is 12.9. The van der Waals surface area contributed by atoms with Gasteiger partial charge in [-0.1, -0.05) is 208 Å². The van der Waals surface area contributed by atoms with Crippen molar-refractivity contribution in [2.75, 3.05) is 40.9 Å². The molecule has 0 aliphatic heterocycles. The molecule has 0 heterocycles. The second-order valence-electron chi connectivity index (χ2n) is 18.8. The van der Waals surface area contributed by atoms with Crippen LogP contribution in [-0.4, -0.2) is 73.4 Å². The Kier molecular flexibility index (Phi) is 45.1. The molecule has 1 amide bonds. The molecule has 0 bridgehead atoms. The summed E-state index contributed by atoms with van der Waals surface area (Å²) in [6, 6.07) is -0.874. The number of phosphoric ester groups is 1. The zero-order valence-electron chi connectivity index (χ0n) is 42.7. The standard InChI is InChI=1S/C56H101N2O6P/c1-6-8-10-12-14-16-18-20-22-24-25-26-27-28-29-30-31-32-33-34-36-38-40-42-44-46-48-50-56(60)57-54(53-64-65(61,62)63-52-51-58(3,4)5)55(59)49-47-45-43-41-39-37-35-23-21-19-17-15-13-11-9-7-2/h8,10,14,16,20-23,25-26,39,41,47,49,54-55,59H,6-7,9,11-13,15,17-19,24,27-38,40,42-46,48,50-53H2,1-5H3,(H-,57,60,61,62)/p+1/b10-8-,16-14-,22-20-,23-21+,26-25-,41-39+,49-47+. The Labute approximate surface area is 401 Å². The molecule has 65 heavy (non-hydrogen) atoms. The summed E-state index contributed by atoms with van der Waals surface area (Å²) in [4.78, 5) is 23.2. The van der Waals surface area contributed by atoms with E-state index in [-0.39, 0.29) is 19.1 Å². The van der Waals surface area contributed by atoms with Crippen LogP contribution in [0.25, 0.3) is 0 Å². The average Bonchev–Trinajstić information content (AvgIpc) is 3.26. The van der Waals surface area contributed by atoms with Gasteiger partial charge in [-0.25, -0.2) is 4.57 Å². The summed E-state index contributed by atoms with van der Waals surface area (Å²) >= 11 is 0. The normalized spacial score (nSPS) is 14.8. The minimum atomic E-state index is -4.36. The number of carbonyl (C=O) groups excluding carboxylic acids is 1. The number of aliphatic hydroxyl groups is 1. The Balaban J connectivity index is 4.27. The van der Waals surface area contributed by atoms with Crippen LogP contribution in [0.2, 0.25) is 0 Å². The Morgan fingerprint density at radius 3 is 1.42 bits per heavy atom. The average molecular weight is 930 g/mol. The summed E-state index contributed by atoms with van der Waals surface area (Å²) in [5.74, 6) is -0.195. The number of likely N-dealkylation sites (N-methyl/N-ethyl adjacent to an activating group) is 1. The molecule has 0 saturated carbocycles. The van der Waals surface area contributed by atoms with Crippen molar-refractivity contribution in [1.82, 2.24) is 5.32 Å². The van der Waals surface area contributed by atoms with Gasteiger partial charge in [0.25, 0.3) is 0 Å². The van der Waals surface area contributed by atoms with Gasteiger partial charge in [0.05, 0.1) is 39.9 Å². The van der Waals surface area contributed by atoms with E-state index in [2.05, 4.69) is 92.1 Å². The highest BCUT2D eigenvalue weighted by Crippen LogP contribution is 2.43. The van der Waals surface area contributed by atoms with Crippen molar-refractivity contribution in [2.24, 2.45) is 0 Å². The SMILES string of the molecule is CC/C=C\C/C=C\C/C=C\C/C=C\CCCCCCCCCCCCCCCCC(=O)NC(COP(=O)(O)OCC[N+](C)(C)C)C(O)/C=C/CC/C=C/CC/C=C/CCCCCCCC. The number of rotatable bonds is 47. The van der Waals surface area contributed by atoms with E-state index in [1.165, 1.54) is 122 Å². The first-order valence-electron chi connectivity index (χ1n) is 26.5. The first kappa shape index (κ1) is 62.7. The summed E-state index contributed by atoms with van der Waals surface area (Å²) in [6.07, 6.45) is 65.3. The van der Waals surface area contributed by atoms with Crippen molar-refractivity contribution >= 4 is 13.7 Å². The summed E-state index contributed by atoms with van der Waals surface area (Å²) in [5.41, 5.74) is 0. The molecule has 376 valence electrons. The van der Waals surface area contributed by atoms with Crippen molar-refractivity contribution in [1.29, 1.82) is 0 Å². The fourth-order valence-corrected chi connectivity index (χ4v) is 7.92. The number of nitrogens with zero attached hydrogens (tertiary/aromatic N) is 1. The molecule has 0 saturated heterocycles.